The molecule has 2 aliphatic rings. The van der Waals surface area contributed by atoms with Crippen LogP contribution in [0.3, 0.4) is 0 Å². The number of carbonyl (C=O) groups is 1. The highest BCUT2D eigenvalue weighted by Crippen LogP contribution is 2.35. The van der Waals surface area contributed by atoms with Crippen molar-refractivity contribution in [3.05, 3.63) is 40.0 Å². The summed E-state index contributed by atoms with van der Waals surface area (Å²) in [5, 5.41) is 8.37. The number of nitrogens with two attached hydrogens (primary N) is 1. The number of nitrogens with zero attached hydrogens (tertiary/aromatic N) is 3. The number of carbonyl (C=O) groups excluding carboxylic acids is 1. The third kappa shape index (κ3) is 2.79. The van der Waals surface area contributed by atoms with Crippen molar-refractivity contribution in [2.75, 3.05) is 30.7 Å². The van der Waals surface area contributed by atoms with Crippen LogP contribution < -0.4 is 11.1 Å². The highest BCUT2D eigenvalue weighted by atomic mass is 35.5. The first-order valence-electron chi connectivity index (χ1n) is 8.74. The molecule has 6 nitrogen and oxygen atoms in total. The molecule has 0 fully saturated rings. The summed E-state index contributed by atoms with van der Waals surface area (Å²) in [6, 6.07) is 5.65. The lowest BCUT2D eigenvalue weighted by atomic mass is 9.90. The zero-order valence-electron chi connectivity index (χ0n) is 14.3. The summed E-state index contributed by atoms with van der Waals surface area (Å²) in [4.78, 5) is 15.6. The lowest BCUT2D eigenvalue weighted by molar-refractivity contribution is 0.0847. The molecule has 0 amide bonds. The second-order valence-electron chi connectivity index (χ2n) is 6.68. The number of benzene rings is 1. The zero-order valence-corrected chi connectivity index (χ0v) is 15.0. The first-order valence-corrected chi connectivity index (χ1v) is 9.12. The van der Waals surface area contributed by atoms with Crippen LogP contribution in [0.5, 0.6) is 0 Å². The topological polar surface area (TPSA) is 76.2 Å². The van der Waals surface area contributed by atoms with Crippen molar-refractivity contribution in [2.45, 2.75) is 32.2 Å². The van der Waals surface area contributed by atoms with Crippen molar-refractivity contribution in [1.29, 1.82) is 0 Å². The van der Waals surface area contributed by atoms with E-state index < -0.39 is 0 Å². The molecule has 3 N–H and O–H groups in total. The zero-order chi connectivity index (χ0) is 17.6. The van der Waals surface area contributed by atoms with Crippen molar-refractivity contribution in [3.8, 4) is 0 Å². The number of aromatic nitrogens is 2. The molecular weight excluding hydrogens is 338 g/mol. The molecule has 7 heteroatoms. The van der Waals surface area contributed by atoms with Gasteiger partial charge in [-0.2, -0.15) is 0 Å². The van der Waals surface area contributed by atoms with Crippen LogP contribution in [0.25, 0.3) is 0 Å². The Bertz CT molecular complexity index is 831. The predicted octanol–water partition coefficient (Wildman–Crippen LogP) is 2.74. The monoisotopic (exact) mass is 359 g/mol. The first-order chi connectivity index (χ1) is 12.1. The maximum atomic E-state index is 13.3. The fourth-order valence-corrected chi connectivity index (χ4v) is 4.03. The molecule has 1 aromatic carbocycles. The molecule has 1 atom stereocenters. The lowest BCUT2D eigenvalue weighted by Gasteiger charge is -2.28. The van der Waals surface area contributed by atoms with Gasteiger partial charge in [-0.3, -0.25) is 9.69 Å². The van der Waals surface area contributed by atoms with Crippen molar-refractivity contribution in [1.82, 2.24) is 14.7 Å². The summed E-state index contributed by atoms with van der Waals surface area (Å²) in [5.74, 6) is 0.214. The van der Waals surface area contributed by atoms with E-state index in [4.69, 9.17) is 17.3 Å². The van der Waals surface area contributed by atoms with Crippen molar-refractivity contribution >= 4 is 29.0 Å². The van der Waals surface area contributed by atoms with Gasteiger partial charge in [0, 0.05) is 35.9 Å². The van der Waals surface area contributed by atoms with Gasteiger partial charge in [0.05, 0.1) is 11.6 Å². The van der Waals surface area contributed by atoms with Gasteiger partial charge in [0.25, 0.3) is 5.91 Å². The quantitative estimate of drug-likeness (QED) is 0.862. The maximum absolute atomic E-state index is 13.3. The summed E-state index contributed by atoms with van der Waals surface area (Å²) in [5.41, 5.74) is 9.98. The van der Waals surface area contributed by atoms with E-state index in [-0.39, 0.29) is 11.8 Å². The molecule has 25 heavy (non-hydrogen) atoms. The highest BCUT2D eigenvalue weighted by molar-refractivity contribution is 6.30. The fraction of sp³-hybridized carbons (Fsp3) is 0.444. The van der Waals surface area contributed by atoms with Crippen LogP contribution in [-0.4, -0.2) is 40.2 Å². The minimum atomic E-state index is -0.254. The van der Waals surface area contributed by atoms with Crippen LogP contribution in [0.1, 0.15) is 40.9 Å². The van der Waals surface area contributed by atoms with E-state index in [1.54, 1.807) is 4.68 Å². The summed E-state index contributed by atoms with van der Waals surface area (Å²) < 4.78 is 1.55. The number of nitrogen functional groups attached to an aromatic ring is 1. The highest BCUT2D eigenvalue weighted by Gasteiger charge is 2.32. The number of fused-ring (bicyclic) bond motifs is 2. The van der Waals surface area contributed by atoms with Gasteiger partial charge in [0.1, 0.15) is 5.82 Å². The van der Waals surface area contributed by atoms with Crippen LogP contribution in [0.15, 0.2) is 18.2 Å². The van der Waals surface area contributed by atoms with Gasteiger partial charge in [-0.25, -0.2) is 4.68 Å². The molecule has 0 saturated heterocycles. The molecule has 0 radical (unpaired) electrons. The molecule has 132 valence electrons. The van der Waals surface area contributed by atoms with Gasteiger partial charge in [-0.1, -0.05) is 18.5 Å². The molecule has 1 unspecified atom stereocenters. The van der Waals surface area contributed by atoms with E-state index >= 15 is 0 Å². The number of rotatable bonds is 2. The Morgan fingerprint density at radius 1 is 1.48 bits per heavy atom. The molecule has 0 bridgehead atoms. The van der Waals surface area contributed by atoms with Crippen molar-refractivity contribution in [2.24, 2.45) is 0 Å². The second kappa shape index (κ2) is 6.35. The molecule has 0 saturated carbocycles. The molecule has 0 spiro atoms. The summed E-state index contributed by atoms with van der Waals surface area (Å²) in [6.07, 6.45) is 1.56. The molecule has 0 aliphatic carbocycles. The molecular formula is C18H22ClN5O. The van der Waals surface area contributed by atoms with Crippen molar-refractivity contribution in [3.63, 3.8) is 0 Å². The fourth-order valence-electron chi connectivity index (χ4n) is 3.85. The molecule has 4 rings (SSSR count). The number of anilines is 2. The van der Waals surface area contributed by atoms with E-state index in [0.717, 1.165) is 61.5 Å². The van der Waals surface area contributed by atoms with Crippen molar-refractivity contribution < 1.29 is 4.79 Å². The normalized spacial score (nSPS) is 19.8. The smallest absolute Gasteiger partial charge is 0.254 e. The number of likely N-dealkylation sites (N-methyl/N-ethyl adjacent to an activating group) is 1. The summed E-state index contributed by atoms with van der Waals surface area (Å²) in [6.45, 7) is 5.51. The Morgan fingerprint density at radius 2 is 2.32 bits per heavy atom. The van der Waals surface area contributed by atoms with E-state index in [1.165, 1.54) is 0 Å². The number of hydrogen-bond donors (Lipinski definition) is 2. The Kier molecular flexibility index (Phi) is 4.17. The minimum absolute atomic E-state index is 0.0177. The Balaban J connectivity index is 1.73. The Labute approximate surface area is 151 Å². The predicted molar refractivity (Wildman–Crippen MR) is 99.2 cm³/mol. The Morgan fingerprint density at radius 3 is 3.12 bits per heavy atom. The van der Waals surface area contributed by atoms with Crippen LogP contribution in [0.2, 0.25) is 5.02 Å². The van der Waals surface area contributed by atoms with E-state index in [2.05, 4.69) is 22.2 Å². The number of hydrogen-bond acceptors (Lipinski definition) is 5. The minimum Gasteiger partial charge on any atom is -0.385 e. The van der Waals surface area contributed by atoms with Gasteiger partial charge < -0.3 is 11.1 Å². The molecule has 2 aromatic rings. The van der Waals surface area contributed by atoms with Crippen LogP contribution >= 0.6 is 11.6 Å². The average Bonchev–Trinajstić information content (AvgIpc) is 2.96. The van der Waals surface area contributed by atoms with Gasteiger partial charge in [0.15, 0.2) is 0 Å². The summed E-state index contributed by atoms with van der Waals surface area (Å²) in [7, 11) is 0. The molecule has 1 aromatic heterocycles. The third-order valence-corrected chi connectivity index (χ3v) is 5.50. The van der Waals surface area contributed by atoms with E-state index in [0.29, 0.717) is 10.8 Å². The second-order valence-corrected chi connectivity index (χ2v) is 7.12. The Hall–Kier alpha value is -2.05. The summed E-state index contributed by atoms with van der Waals surface area (Å²) >= 11 is 6.16. The van der Waals surface area contributed by atoms with Gasteiger partial charge in [-0.05, 0) is 43.1 Å². The van der Waals surface area contributed by atoms with Crippen LogP contribution in [-0.2, 0) is 13.0 Å². The molecule has 2 aliphatic heterocycles. The van der Waals surface area contributed by atoms with Crippen LogP contribution in [0.4, 0.5) is 11.5 Å². The first kappa shape index (κ1) is 16.4. The maximum Gasteiger partial charge on any atom is 0.254 e. The standard InChI is InChI=1S/C18H22ClN5O/c1-2-23-8-6-13-16(10-23)24(22-17(13)20)18(25)12-5-7-21-15-4-3-11(19)9-14(12)15/h3-4,9,12,21H,2,5-8,10H2,1H3,(H2,20,22). The van der Waals surface area contributed by atoms with Crippen LogP contribution in [0, 0.1) is 0 Å². The average molecular weight is 360 g/mol. The van der Waals surface area contributed by atoms with Gasteiger partial charge in [0.2, 0.25) is 0 Å². The molecule has 3 heterocycles. The van der Waals surface area contributed by atoms with E-state index in [9.17, 15) is 4.79 Å². The van der Waals surface area contributed by atoms with E-state index in [1.807, 2.05) is 18.2 Å². The van der Waals surface area contributed by atoms with Gasteiger partial charge >= 0.3 is 0 Å². The number of nitrogens with one attached hydrogen (secondary N) is 1. The number of halogens is 1. The largest absolute Gasteiger partial charge is 0.385 e. The SMILES string of the molecule is CCN1CCc2c(N)nn(C(=O)C3CCNc4ccc(Cl)cc43)c2C1. The van der Waals surface area contributed by atoms with Gasteiger partial charge in [-0.15, -0.1) is 5.10 Å². The lowest BCUT2D eigenvalue weighted by Crippen LogP contribution is -2.34. The third-order valence-electron chi connectivity index (χ3n) is 5.26.